The van der Waals surface area contributed by atoms with Crippen molar-refractivity contribution in [2.75, 3.05) is 13.2 Å². The summed E-state index contributed by atoms with van der Waals surface area (Å²) in [6.07, 6.45) is 5.73. The second-order valence-electron chi connectivity index (χ2n) is 19.1. The highest BCUT2D eigenvalue weighted by Crippen LogP contribution is 2.49. The number of hydrogen-bond donors (Lipinski definition) is 2. The van der Waals surface area contributed by atoms with Gasteiger partial charge in [0.05, 0.1) is 24.2 Å². The molecule has 1 atom stereocenters. The Morgan fingerprint density at radius 1 is 0.709 bits per heavy atom. The molecule has 0 saturated carbocycles. The molecule has 0 heterocycles. The van der Waals surface area contributed by atoms with Crippen LogP contribution in [0.5, 0.6) is 17.2 Å². The first kappa shape index (κ1) is 45.5. The Balaban J connectivity index is 2.62. The van der Waals surface area contributed by atoms with Crippen molar-refractivity contribution in [1.82, 2.24) is 0 Å². The van der Waals surface area contributed by atoms with Gasteiger partial charge in [0, 0.05) is 40.1 Å². The molecule has 0 aromatic heterocycles. The third-order valence-electron chi connectivity index (χ3n) is 10.3. The number of aromatic hydroxyl groups is 1. The van der Waals surface area contributed by atoms with Gasteiger partial charge in [-0.15, -0.1) is 0 Å². The zero-order valence-corrected chi connectivity index (χ0v) is 36.6. The molecule has 304 valence electrons. The van der Waals surface area contributed by atoms with E-state index in [2.05, 4.69) is 121 Å². The number of benzene rings is 3. The minimum atomic E-state index is -1.70. The van der Waals surface area contributed by atoms with E-state index in [9.17, 15) is 20.3 Å². The third-order valence-corrected chi connectivity index (χ3v) is 10.3. The van der Waals surface area contributed by atoms with Crippen molar-refractivity contribution in [3.63, 3.8) is 0 Å². The third kappa shape index (κ3) is 10.5. The molecule has 8 heteroatoms. The summed E-state index contributed by atoms with van der Waals surface area (Å²) in [5, 5.41) is 36.5. The van der Waals surface area contributed by atoms with Crippen LogP contribution in [0.25, 0.3) is 0 Å². The Morgan fingerprint density at radius 2 is 1.09 bits per heavy atom. The van der Waals surface area contributed by atoms with Gasteiger partial charge in [-0.3, -0.25) is 15.1 Å². The molecular formula is C47H70N2O6. The van der Waals surface area contributed by atoms with Crippen LogP contribution in [0.1, 0.15) is 175 Å². The fourth-order valence-electron chi connectivity index (χ4n) is 6.90. The number of nitrogens with zero attached hydrogens (tertiary/aromatic N) is 2. The molecule has 0 spiro atoms. The SMILES string of the molecule is CCCCOc1c(C(C)(C)C)cc(C(O)(c2cc(C(C)(C)C)c(OCCCC)c(C(C)(C)C)c2)C(CC)N=Cc2cccc([N+](=O)[O-])c2O)cc1C(C)(C)C. The Morgan fingerprint density at radius 3 is 1.40 bits per heavy atom. The van der Waals surface area contributed by atoms with Crippen LogP contribution in [0.3, 0.4) is 0 Å². The molecule has 0 radical (unpaired) electrons. The van der Waals surface area contributed by atoms with E-state index in [1.807, 2.05) is 6.92 Å². The summed E-state index contributed by atoms with van der Waals surface area (Å²) in [5.41, 5.74) is 2.04. The molecule has 3 aromatic rings. The Labute approximate surface area is 331 Å². The smallest absolute Gasteiger partial charge is 0.311 e. The van der Waals surface area contributed by atoms with Crippen LogP contribution in [0.4, 0.5) is 5.69 Å². The van der Waals surface area contributed by atoms with Crippen LogP contribution in [-0.4, -0.2) is 40.6 Å². The Kier molecular flexibility index (Phi) is 14.5. The molecule has 0 fully saturated rings. The zero-order valence-electron chi connectivity index (χ0n) is 36.6. The van der Waals surface area contributed by atoms with Crippen molar-refractivity contribution in [3.05, 3.63) is 91.5 Å². The van der Waals surface area contributed by atoms with E-state index in [1.165, 1.54) is 18.3 Å². The summed E-state index contributed by atoms with van der Waals surface area (Å²) in [6, 6.07) is 12.0. The molecule has 8 nitrogen and oxygen atoms in total. The molecular weight excluding hydrogens is 689 g/mol. The number of phenolic OH excluding ortho intramolecular Hbond substituents is 1. The van der Waals surface area contributed by atoms with Gasteiger partial charge >= 0.3 is 5.69 Å². The number of para-hydroxylation sites is 1. The van der Waals surface area contributed by atoms with Crippen LogP contribution >= 0.6 is 0 Å². The summed E-state index contributed by atoms with van der Waals surface area (Å²) in [6.45, 7) is 33.5. The second kappa shape index (κ2) is 17.5. The van der Waals surface area contributed by atoms with Crippen LogP contribution in [0.15, 0.2) is 47.5 Å². The molecule has 0 aliphatic rings. The summed E-state index contributed by atoms with van der Waals surface area (Å²) in [4.78, 5) is 16.1. The number of unbranched alkanes of at least 4 members (excludes halogenated alkanes) is 2. The Bertz CT molecular complexity index is 1660. The van der Waals surface area contributed by atoms with Crippen LogP contribution < -0.4 is 9.47 Å². The highest BCUT2D eigenvalue weighted by atomic mass is 16.6. The van der Waals surface area contributed by atoms with E-state index in [0.717, 1.165) is 59.4 Å². The largest absolute Gasteiger partial charge is 0.502 e. The Hall–Kier alpha value is -3.91. The molecule has 3 aromatic carbocycles. The summed E-state index contributed by atoms with van der Waals surface area (Å²) >= 11 is 0. The first-order valence-corrected chi connectivity index (χ1v) is 20.2. The monoisotopic (exact) mass is 759 g/mol. The van der Waals surface area contributed by atoms with E-state index in [0.29, 0.717) is 30.8 Å². The number of aliphatic hydroxyl groups is 1. The van der Waals surface area contributed by atoms with Gasteiger partial charge in [-0.05, 0) is 82.4 Å². The van der Waals surface area contributed by atoms with Gasteiger partial charge in [0.1, 0.15) is 17.1 Å². The summed E-state index contributed by atoms with van der Waals surface area (Å²) in [5.74, 6) is 1.23. The van der Waals surface area contributed by atoms with Gasteiger partial charge in [0.15, 0.2) is 0 Å². The van der Waals surface area contributed by atoms with Crippen molar-refractivity contribution >= 4 is 11.9 Å². The number of aliphatic imine (C=N–C) groups is 1. The molecule has 2 N–H and O–H groups in total. The first-order chi connectivity index (χ1) is 25.3. The van der Waals surface area contributed by atoms with Gasteiger partial charge in [-0.2, -0.15) is 0 Å². The minimum Gasteiger partial charge on any atom is -0.502 e. The number of rotatable bonds is 15. The van der Waals surface area contributed by atoms with E-state index in [1.54, 1.807) is 6.07 Å². The zero-order chi connectivity index (χ0) is 41.7. The standard InChI is InChI=1S/C47H70N2O6/c1-16-19-24-54-41-34(43(4,5)6)26-32(27-35(41)44(7,8)9)47(51,39(18-3)48-30-31-22-21-23-38(40(31)50)49(52)53)33-28-36(45(10,11)12)42(55-25-20-17-2)37(29-33)46(13,14)15/h21-23,26-30,39,50-51H,16-20,24-25H2,1-15H3. The van der Waals surface area contributed by atoms with Crippen LogP contribution in [0, 0.1) is 10.1 Å². The van der Waals surface area contributed by atoms with E-state index in [-0.39, 0.29) is 27.2 Å². The first-order valence-electron chi connectivity index (χ1n) is 20.2. The topological polar surface area (TPSA) is 114 Å². The molecule has 0 saturated heterocycles. The maximum Gasteiger partial charge on any atom is 0.311 e. The van der Waals surface area contributed by atoms with Gasteiger partial charge in [-0.25, -0.2) is 0 Å². The van der Waals surface area contributed by atoms with Crippen LogP contribution in [-0.2, 0) is 27.3 Å². The van der Waals surface area contributed by atoms with Crippen LogP contribution in [0.2, 0.25) is 0 Å². The lowest BCUT2D eigenvalue weighted by Gasteiger charge is -2.40. The number of nitro groups is 1. The normalized spacial score (nSPS) is 13.7. The fraction of sp³-hybridized carbons (Fsp3) is 0.596. The fourth-order valence-corrected chi connectivity index (χ4v) is 6.90. The molecule has 55 heavy (non-hydrogen) atoms. The quantitative estimate of drug-likeness (QED) is 0.0690. The van der Waals surface area contributed by atoms with Crippen molar-refractivity contribution in [2.24, 2.45) is 4.99 Å². The molecule has 0 amide bonds. The highest BCUT2D eigenvalue weighted by molar-refractivity contribution is 5.85. The average molecular weight is 759 g/mol. The van der Waals surface area contributed by atoms with Crippen molar-refractivity contribution in [3.8, 4) is 17.2 Å². The van der Waals surface area contributed by atoms with Gasteiger partial charge in [0.25, 0.3) is 0 Å². The highest BCUT2D eigenvalue weighted by Gasteiger charge is 2.44. The van der Waals surface area contributed by atoms with Crippen molar-refractivity contribution in [2.45, 2.75) is 169 Å². The second-order valence-corrected chi connectivity index (χ2v) is 19.1. The summed E-state index contributed by atoms with van der Waals surface area (Å²) in [7, 11) is 0. The number of ether oxygens (including phenoxy) is 2. The number of nitro benzene ring substituents is 1. The molecule has 0 aliphatic heterocycles. The molecule has 3 rings (SSSR count). The predicted octanol–water partition coefficient (Wildman–Crippen LogP) is 12.0. The number of phenols is 1. The van der Waals surface area contributed by atoms with E-state index in [4.69, 9.17) is 14.5 Å². The summed E-state index contributed by atoms with van der Waals surface area (Å²) < 4.78 is 13.3. The lowest BCUT2D eigenvalue weighted by molar-refractivity contribution is -0.385. The van der Waals surface area contributed by atoms with Gasteiger partial charge < -0.3 is 19.7 Å². The molecule has 0 bridgehead atoms. The van der Waals surface area contributed by atoms with E-state index >= 15 is 0 Å². The van der Waals surface area contributed by atoms with Crippen molar-refractivity contribution < 1.29 is 24.6 Å². The van der Waals surface area contributed by atoms with Gasteiger partial charge in [-0.1, -0.05) is 123 Å². The van der Waals surface area contributed by atoms with E-state index < -0.39 is 28.0 Å². The maximum atomic E-state index is 13.9. The minimum absolute atomic E-state index is 0.200. The van der Waals surface area contributed by atoms with Crippen molar-refractivity contribution in [1.29, 1.82) is 0 Å². The predicted molar refractivity (Wildman–Crippen MR) is 228 cm³/mol. The molecule has 0 aliphatic carbocycles. The van der Waals surface area contributed by atoms with Gasteiger partial charge in [0.2, 0.25) is 5.75 Å². The molecule has 1 unspecified atom stereocenters. The maximum absolute atomic E-state index is 13.9. The number of hydrogen-bond acceptors (Lipinski definition) is 7. The average Bonchev–Trinajstić information content (AvgIpc) is 3.07. The lowest BCUT2D eigenvalue weighted by Crippen LogP contribution is -2.41. The lowest BCUT2D eigenvalue weighted by atomic mass is 9.70.